The first-order valence-electron chi connectivity index (χ1n) is 10.9. The Labute approximate surface area is 194 Å². The molecule has 0 aromatic rings. The van der Waals surface area contributed by atoms with Crippen molar-refractivity contribution in [3.63, 3.8) is 0 Å². The standard InChI is InChI=1S/C21H38N2O6S.CH4.2H2/c1-16(2)30-19-7-5-18(6-8-19)23-21(26)29-15-14-28-13-12-27-11-10-22-20(25)9-4-17(3)24;;;/h16,18-19H,4-15H2,1-3H3,(H,22,25)(H,23,26);1H4;2*1H. The van der Waals surface area contributed by atoms with Crippen molar-refractivity contribution in [2.45, 2.75) is 83.3 Å². The maximum Gasteiger partial charge on any atom is 0.407 e. The van der Waals surface area contributed by atoms with Gasteiger partial charge in [0.15, 0.2) is 0 Å². The fourth-order valence-electron chi connectivity index (χ4n) is 3.09. The minimum atomic E-state index is -0.379. The summed E-state index contributed by atoms with van der Waals surface area (Å²) in [6.07, 6.45) is 4.38. The van der Waals surface area contributed by atoms with Crippen LogP contribution < -0.4 is 10.6 Å². The Morgan fingerprint density at radius 2 is 1.58 bits per heavy atom. The van der Waals surface area contributed by atoms with E-state index in [9.17, 15) is 14.4 Å². The molecule has 186 valence electrons. The highest BCUT2D eigenvalue weighted by atomic mass is 32.2. The van der Waals surface area contributed by atoms with Crippen molar-refractivity contribution in [3.05, 3.63) is 0 Å². The number of ether oxygens (including phenoxy) is 3. The Kier molecular flexibility index (Phi) is 17.5. The first kappa shape index (κ1) is 29.7. The number of Topliss-reactive ketones (excluding diaryl/α,β-unsaturated/α-hetero) is 1. The predicted octanol–water partition coefficient (Wildman–Crippen LogP) is 3.81. The van der Waals surface area contributed by atoms with E-state index in [4.69, 9.17) is 14.2 Å². The lowest BCUT2D eigenvalue weighted by molar-refractivity contribution is -0.124. The SMILES string of the molecule is C.CC(=O)CCC(=O)NCCOCCOCCOC(=O)NC1CCC(SC(C)C)CC1.[HH].[HH]. The highest BCUT2D eigenvalue weighted by Crippen LogP contribution is 2.31. The normalized spacial score (nSPS) is 18.2. The predicted molar refractivity (Wildman–Crippen MR) is 129 cm³/mol. The van der Waals surface area contributed by atoms with Crippen LogP contribution in [0.15, 0.2) is 0 Å². The minimum Gasteiger partial charge on any atom is -0.447 e. The van der Waals surface area contributed by atoms with Crippen LogP contribution in [0.25, 0.3) is 0 Å². The maximum atomic E-state index is 11.8. The molecule has 0 atom stereocenters. The highest BCUT2D eigenvalue weighted by Gasteiger charge is 2.23. The van der Waals surface area contributed by atoms with Gasteiger partial charge in [-0.2, -0.15) is 11.8 Å². The van der Waals surface area contributed by atoms with Crippen LogP contribution in [0.3, 0.4) is 0 Å². The van der Waals surface area contributed by atoms with Gasteiger partial charge in [-0.15, -0.1) is 0 Å². The zero-order valence-electron chi connectivity index (χ0n) is 18.6. The average Bonchev–Trinajstić information content (AvgIpc) is 2.69. The van der Waals surface area contributed by atoms with Crippen LogP contribution in [0.1, 0.15) is 69.6 Å². The van der Waals surface area contributed by atoms with Crippen molar-refractivity contribution in [1.29, 1.82) is 0 Å². The zero-order valence-corrected chi connectivity index (χ0v) is 19.4. The lowest BCUT2D eigenvalue weighted by Crippen LogP contribution is -2.39. The van der Waals surface area contributed by atoms with E-state index >= 15 is 0 Å². The molecule has 1 aliphatic carbocycles. The van der Waals surface area contributed by atoms with Crippen LogP contribution in [-0.2, 0) is 23.8 Å². The second-order valence-electron chi connectivity index (χ2n) is 7.72. The summed E-state index contributed by atoms with van der Waals surface area (Å²) < 4.78 is 15.9. The molecule has 1 rings (SSSR count). The third kappa shape index (κ3) is 17.0. The molecule has 2 amide bonds. The van der Waals surface area contributed by atoms with Crippen LogP contribution in [0.5, 0.6) is 0 Å². The van der Waals surface area contributed by atoms with Gasteiger partial charge >= 0.3 is 6.09 Å². The Hall–Kier alpha value is -1.32. The molecule has 0 heterocycles. The third-order valence-electron chi connectivity index (χ3n) is 4.57. The van der Waals surface area contributed by atoms with Crippen molar-refractivity contribution in [2.75, 3.05) is 39.6 Å². The van der Waals surface area contributed by atoms with Crippen LogP contribution in [-0.4, -0.2) is 73.9 Å². The first-order chi connectivity index (χ1) is 14.4. The molecule has 0 aliphatic heterocycles. The summed E-state index contributed by atoms with van der Waals surface area (Å²) in [5.74, 6) is -0.147. The average molecular weight is 467 g/mol. The summed E-state index contributed by atoms with van der Waals surface area (Å²) in [5.41, 5.74) is 0. The van der Waals surface area contributed by atoms with E-state index in [0.717, 1.165) is 25.7 Å². The van der Waals surface area contributed by atoms with Crippen LogP contribution in [0.4, 0.5) is 4.79 Å². The van der Waals surface area contributed by atoms with E-state index in [1.165, 1.54) is 6.92 Å². The number of carbonyl (C=O) groups excluding carboxylic acids is 3. The van der Waals surface area contributed by atoms with E-state index in [1.807, 2.05) is 11.8 Å². The third-order valence-corrected chi connectivity index (χ3v) is 5.97. The van der Waals surface area contributed by atoms with E-state index in [-0.39, 0.29) is 53.6 Å². The number of alkyl carbamates (subject to hydrolysis) is 1. The zero-order chi connectivity index (χ0) is 22.2. The number of thioether (sulfide) groups is 1. The van der Waals surface area contributed by atoms with Gasteiger partial charge in [0.25, 0.3) is 0 Å². The lowest BCUT2D eigenvalue weighted by atomic mass is 9.95. The quantitative estimate of drug-likeness (QED) is 0.354. The van der Waals surface area contributed by atoms with Crippen molar-refractivity contribution in [2.24, 2.45) is 0 Å². The minimum absolute atomic E-state index is 0. The topological polar surface area (TPSA) is 103 Å². The molecule has 0 unspecified atom stereocenters. The summed E-state index contributed by atoms with van der Waals surface area (Å²) in [4.78, 5) is 34.0. The number of rotatable bonds is 15. The van der Waals surface area contributed by atoms with Gasteiger partial charge in [-0.25, -0.2) is 4.79 Å². The molecule has 1 fully saturated rings. The molecule has 8 nitrogen and oxygen atoms in total. The fraction of sp³-hybridized carbons (Fsp3) is 0.864. The second kappa shape index (κ2) is 18.3. The number of hydrogen-bond donors (Lipinski definition) is 2. The van der Waals surface area contributed by atoms with E-state index in [2.05, 4.69) is 24.5 Å². The van der Waals surface area contributed by atoms with Gasteiger partial charge in [-0.3, -0.25) is 4.79 Å². The fourth-order valence-corrected chi connectivity index (χ4v) is 4.41. The van der Waals surface area contributed by atoms with Gasteiger partial charge in [-0.05, 0) is 37.9 Å². The van der Waals surface area contributed by atoms with Crippen molar-refractivity contribution in [3.8, 4) is 0 Å². The van der Waals surface area contributed by atoms with E-state index in [1.54, 1.807) is 0 Å². The largest absolute Gasteiger partial charge is 0.447 e. The molecule has 0 aromatic heterocycles. The van der Waals surface area contributed by atoms with Crippen molar-refractivity contribution >= 4 is 29.5 Å². The van der Waals surface area contributed by atoms with Gasteiger partial charge in [0, 0.05) is 33.5 Å². The molecule has 0 saturated heterocycles. The highest BCUT2D eigenvalue weighted by molar-refractivity contribution is 8.00. The summed E-state index contributed by atoms with van der Waals surface area (Å²) in [5, 5.41) is 6.98. The first-order valence-corrected chi connectivity index (χ1v) is 11.8. The summed E-state index contributed by atoms with van der Waals surface area (Å²) in [6, 6.07) is 0.207. The lowest BCUT2D eigenvalue weighted by Gasteiger charge is -2.29. The van der Waals surface area contributed by atoms with Gasteiger partial charge in [0.2, 0.25) is 5.91 Å². The smallest absolute Gasteiger partial charge is 0.407 e. The molecule has 1 saturated carbocycles. The van der Waals surface area contributed by atoms with Crippen molar-refractivity contribution in [1.82, 2.24) is 10.6 Å². The monoisotopic (exact) mass is 466 g/mol. The number of nitrogens with one attached hydrogen (secondary N) is 2. The molecule has 0 aromatic carbocycles. The molecule has 9 heteroatoms. The Morgan fingerprint density at radius 3 is 2.19 bits per heavy atom. The van der Waals surface area contributed by atoms with Gasteiger partial charge < -0.3 is 29.6 Å². The second-order valence-corrected chi connectivity index (χ2v) is 9.60. The molecule has 0 spiro atoms. The van der Waals surface area contributed by atoms with Gasteiger partial charge in [0.1, 0.15) is 12.4 Å². The molecule has 1 aliphatic rings. The Morgan fingerprint density at radius 1 is 0.968 bits per heavy atom. The number of hydrogen-bond acceptors (Lipinski definition) is 7. The molecular weight excluding hydrogens is 420 g/mol. The number of carbonyl (C=O) groups is 3. The van der Waals surface area contributed by atoms with Crippen LogP contribution >= 0.6 is 11.8 Å². The number of ketones is 1. The van der Waals surface area contributed by atoms with Crippen LogP contribution in [0, 0.1) is 0 Å². The van der Waals surface area contributed by atoms with Gasteiger partial charge in [0.05, 0.1) is 26.4 Å². The summed E-state index contributed by atoms with van der Waals surface area (Å²) in [6.45, 7) is 8.00. The molecule has 31 heavy (non-hydrogen) atoms. The molecule has 0 radical (unpaired) electrons. The Bertz CT molecular complexity index is 521. The van der Waals surface area contributed by atoms with E-state index in [0.29, 0.717) is 43.5 Å². The van der Waals surface area contributed by atoms with Gasteiger partial charge in [-0.1, -0.05) is 21.3 Å². The number of amides is 2. The molecule has 0 bridgehead atoms. The van der Waals surface area contributed by atoms with E-state index < -0.39 is 0 Å². The maximum absolute atomic E-state index is 11.8. The summed E-state index contributed by atoms with van der Waals surface area (Å²) in [7, 11) is 0. The molecule has 2 N–H and O–H groups in total. The summed E-state index contributed by atoms with van der Waals surface area (Å²) >= 11 is 2.03. The van der Waals surface area contributed by atoms with Crippen LogP contribution in [0.2, 0.25) is 0 Å². The molecular formula is C22H46N2O6S. The van der Waals surface area contributed by atoms with Crippen molar-refractivity contribution < 1.29 is 31.4 Å². The Balaban J connectivity index is -0.00000300.